The van der Waals surface area contributed by atoms with Crippen molar-refractivity contribution in [2.24, 2.45) is 5.10 Å². The fourth-order valence-electron chi connectivity index (χ4n) is 0.824. The number of nitrogens with zero attached hydrogens (tertiary/aromatic N) is 1. The molecule has 5 heteroatoms. The van der Waals surface area contributed by atoms with Crippen LogP contribution in [0.15, 0.2) is 29.4 Å². The highest BCUT2D eigenvalue weighted by Gasteiger charge is 2.05. The minimum absolute atomic E-state index is 0.167. The van der Waals surface area contributed by atoms with E-state index in [0.717, 1.165) is 5.56 Å². The van der Waals surface area contributed by atoms with Gasteiger partial charge in [0.05, 0.1) is 6.21 Å². The van der Waals surface area contributed by atoms with Gasteiger partial charge < -0.3 is 10.2 Å². The van der Waals surface area contributed by atoms with E-state index >= 15 is 0 Å². The van der Waals surface area contributed by atoms with E-state index in [0.29, 0.717) is 0 Å². The number of phenolic OH excluding ortho intramolecular Hbond substituents is 1. The number of carbonyl (C=O) groups is 1. The highest BCUT2D eigenvalue weighted by molar-refractivity contribution is 5.84. The molecule has 0 saturated heterocycles. The van der Waals surface area contributed by atoms with Crippen LogP contribution in [0.5, 0.6) is 5.75 Å². The first-order valence-corrected chi connectivity index (χ1v) is 4.39. The number of amides is 1. The molecular formula is C10H12N2O3. The van der Waals surface area contributed by atoms with Gasteiger partial charge in [-0.2, -0.15) is 5.10 Å². The minimum atomic E-state index is -1.08. The van der Waals surface area contributed by atoms with Gasteiger partial charge >= 0.3 is 0 Å². The van der Waals surface area contributed by atoms with Gasteiger partial charge in [0.1, 0.15) is 11.9 Å². The molecule has 1 aromatic carbocycles. The van der Waals surface area contributed by atoms with E-state index in [1.54, 1.807) is 12.1 Å². The third kappa shape index (κ3) is 3.78. The van der Waals surface area contributed by atoms with E-state index in [4.69, 9.17) is 10.2 Å². The molecule has 1 amide bonds. The number of nitrogens with one attached hydrogen (secondary N) is 1. The Morgan fingerprint density at radius 3 is 2.60 bits per heavy atom. The highest BCUT2D eigenvalue weighted by atomic mass is 16.3. The van der Waals surface area contributed by atoms with Gasteiger partial charge in [-0.25, -0.2) is 5.43 Å². The first kappa shape index (κ1) is 11.2. The molecule has 5 nitrogen and oxygen atoms in total. The van der Waals surface area contributed by atoms with Crippen molar-refractivity contribution in [1.29, 1.82) is 0 Å². The van der Waals surface area contributed by atoms with Gasteiger partial charge in [-0.3, -0.25) is 4.79 Å². The largest absolute Gasteiger partial charge is 0.508 e. The Labute approximate surface area is 87.1 Å². The van der Waals surface area contributed by atoms with Crippen molar-refractivity contribution in [3.8, 4) is 5.75 Å². The predicted octanol–water partition coefficient (Wildman–Crippen LogP) is 0.223. The first-order valence-electron chi connectivity index (χ1n) is 4.39. The van der Waals surface area contributed by atoms with Crippen LogP contribution >= 0.6 is 0 Å². The van der Waals surface area contributed by atoms with Crippen molar-refractivity contribution in [2.45, 2.75) is 13.0 Å². The molecule has 3 N–H and O–H groups in total. The third-order valence-corrected chi connectivity index (χ3v) is 1.66. The van der Waals surface area contributed by atoms with Crippen molar-refractivity contribution in [2.75, 3.05) is 0 Å². The Hall–Kier alpha value is -1.88. The molecule has 0 saturated carbocycles. The Morgan fingerprint density at radius 2 is 2.07 bits per heavy atom. The van der Waals surface area contributed by atoms with E-state index in [9.17, 15) is 4.79 Å². The zero-order valence-electron chi connectivity index (χ0n) is 8.21. The number of hydrazone groups is 1. The molecule has 1 rings (SSSR count). The third-order valence-electron chi connectivity index (χ3n) is 1.66. The monoisotopic (exact) mass is 208 g/mol. The van der Waals surface area contributed by atoms with Crippen molar-refractivity contribution >= 4 is 12.1 Å². The summed E-state index contributed by atoms with van der Waals surface area (Å²) < 4.78 is 0. The fraction of sp³-hybridized carbons (Fsp3) is 0.200. The van der Waals surface area contributed by atoms with Gasteiger partial charge in [-0.1, -0.05) is 0 Å². The SMILES string of the molecule is C[C@@H](O)C(=O)N/N=C\c1ccc(O)cc1. The average molecular weight is 208 g/mol. The second-order valence-corrected chi connectivity index (χ2v) is 3.00. The molecule has 0 unspecified atom stereocenters. The van der Waals surface area contributed by atoms with Crippen LogP contribution in [0.2, 0.25) is 0 Å². The molecule has 1 atom stereocenters. The van der Waals surface area contributed by atoms with Crippen molar-refractivity contribution in [1.82, 2.24) is 5.43 Å². The Bertz CT molecular complexity index is 357. The topological polar surface area (TPSA) is 81.9 Å². The number of hydrogen-bond acceptors (Lipinski definition) is 4. The summed E-state index contributed by atoms with van der Waals surface area (Å²) in [6.45, 7) is 1.35. The normalized spacial score (nSPS) is 12.7. The summed E-state index contributed by atoms with van der Waals surface area (Å²) in [7, 11) is 0. The highest BCUT2D eigenvalue weighted by Crippen LogP contribution is 2.07. The lowest BCUT2D eigenvalue weighted by Gasteiger charge is -2.00. The van der Waals surface area contributed by atoms with Gasteiger partial charge in [-0.15, -0.1) is 0 Å². The second kappa shape index (κ2) is 5.11. The number of aliphatic hydroxyl groups is 1. The van der Waals surface area contributed by atoms with Gasteiger partial charge in [0.15, 0.2) is 0 Å². The van der Waals surface area contributed by atoms with E-state index in [-0.39, 0.29) is 5.75 Å². The zero-order valence-corrected chi connectivity index (χ0v) is 8.21. The lowest BCUT2D eigenvalue weighted by Crippen LogP contribution is -2.28. The molecule has 80 valence electrons. The first-order chi connectivity index (χ1) is 7.09. The van der Waals surface area contributed by atoms with E-state index in [1.165, 1.54) is 25.3 Å². The molecule has 0 radical (unpaired) electrons. The van der Waals surface area contributed by atoms with Crippen LogP contribution in [0, 0.1) is 0 Å². The van der Waals surface area contributed by atoms with Crippen LogP contribution < -0.4 is 5.43 Å². The lowest BCUT2D eigenvalue weighted by atomic mass is 10.2. The summed E-state index contributed by atoms with van der Waals surface area (Å²) in [6, 6.07) is 6.32. The van der Waals surface area contributed by atoms with Crippen molar-refractivity contribution in [3.05, 3.63) is 29.8 Å². The number of aromatic hydroxyl groups is 1. The van der Waals surface area contributed by atoms with Crippen molar-refractivity contribution in [3.63, 3.8) is 0 Å². The summed E-state index contributed by atoms with van der Waals surface area (Å²) in [5.74, 6) is -0.398. The van der Waals surface area contributed by atoms with E-state index in [2.05, 4.69) is 10.5 Å². The van der Waals surface area contributed by atoms with Crippen LogP contribution in [-0.4, -0.2) is 28.4 Å². The molecule has 0 aliphatic heterocycles. The summed E-state index contributed by atoms with van der Waals surface area (Å²) in [6.07, 6.45) is 0.335. The number of rotatable bonds is 3. The van der Waals surface area contributed by atoms with Gasteiger partial charge in [0.2, 0.25) is 0 Å². The summed E-state index contributed by atoms with van der Waals surface area (Å²) in [4.78, 5) is 10.9. The maximum atomic E-state index is 10.9. The number of carbonyl (C=O) groups excluding carboxylic acids is 1. The smallest absolute Gasteiger partial charge is 0.268 e. The molecule has 1 aromatic rings. The minimum Gasteiger partial charge on any atom is -0.508 e. The summed E-state index contributed by atoms with van der Waals surface area (Å²) in [5, 5.41) is 21.5. The summed E-state index contributed by atoms with van der Waals surface area (Å²) >= 11 is 0. The molecule has 0 heterocycles. The van der Waals surface area contributed by atoms with Crippen LogP contribution in [0.3, 0.4) is 0 Å². The Kier molecular flexibility index (Phi) is 3.82. The number of aliphatic hydroxyl groups excluding tert-OH is 1. The van der Waals surface area contributed by atoms with Crippen LogP contribution in [-0.2, 0) is 4.79 Å². The van der Waals surface area contributed by atoms with E-state index < -0.39 is 12.0 Å². The molecule has 0 fully saturated rings. The summed E-state index contributed by atoms with van der Waals surface area (Å²) in [5.41, 5.74) is 2.90. The average Bonchev–Trinajstić information content (AvgIpc) is 2.20. The van der Waals surface area contributed by atoms with Crippen molar-refractivity contribution < 1.29 is 15.0 Å². The molecule has 0 aliphatic carbocycles. The predicted molar refractivity (Wildman–Crippen MR) is 55.5 cm³/mol. The van der Waals surface area contributed by atoms with Gasteiger partial charge in [0, 0.05) is 0 Å². The number of phenols is 1. The Morgan fingerprint density at radius 1 is 1.47 bits per heavy atom. The lowest BCUT2D eigenvalue weighted by molar-refractivity contribution is -0.128. The van der Waals surface area contributed by atoms with Gasteiger partial charge in [-0.05, 0) is 36.8 Å². The fourth-order valence-corrected chi connectivity index (χ4v) is 0.824. The molecule has 0 spiro atoms. The standard InChI is InChI=1S/C10H12N2O3/c1-7(13)10(15)12-11-6-8-2-4-9(14)5-3-8/h2-7,13-14H,1H3,(H,12,15)/b11-6-/t7-/m1/s1. The molecule has 0 bridgehead atoms. The second-order valence-electron chi connectivity index (χ2n) is 3.00. The number of hydrogen-bond donors (Lipinski definition) is 3. The molecule has 0 aliphatic rings. The maximum Gasteiger partial charge on any atom is 0.268 e. The zero-order chi connectivity index (χ0) is 11.3. The Balaban J connectivity index is 2.51. The maximum absolute atomic E-state index is 10.9. The number of benzene rings is 1. The molecule has 0 aromatic heterocycles. The van der Waals surface area contributed by atoms with Crippen LogP contribution in [0.4, 0.5) is 0 Å². The molecular weight excluding hydrogens is 196 g/mol. The molecule has 15 heavy (non-hydrogen) atoms. The van der Waals surface area contributed by atoms with Crippen LogP contribution in [0.25, 0.3) is 0 Å². The van der Waals surface area contributed by atoms with Gasteiger partial charge in [0.25, 0.3) is 5.91 Å². The van der Waals surface area contributed by atoms with Crippen LogP contribution in [0.1, 0.15) is 12.5 Å². The quantitative estimate of drug-likeness (QED) is 0.491. The van der Waals surface area contributed by atoms with E-state index in [1.807, 2.05) is 0 Å².